The summed E-state index contributed by atoms with van der Waals surface area (Å²) >= 11 is 10.8. The summed E-state index contributed by atoms with van der Waals surface area (Å²) in [6, 6.07) is 0. The lowest BCUT2D eigenvalue weighted by molar-refractivity contribution is 0.487. The zero-order valence-electron chi connectivity index (χ0n) is 7.08. The monoisotopic (exact) mass is 202 g/mol. The predicted octanol–water partition coefficient (Wildman–Crippen LogP) is 4.00. The van der Waals surface area contributed by atoms with Crippen molar-refractivity contribution in [2.24, 2.45) is 0 Å². The van der Waals surface area contributed by atoms with E-state index in [-0.39, 0.29) is 6.67 Å². The average Bonchev–Trinajstić information content (AvgIpc) is 2.06. The summed E-state index contributed by atoms with van der Waals surface area (Å²) in [6.45, 7) is 1.62. The van der Waals surface area contributed by atoms with Crippen LogP contribution in [0.25, 0.3) is 0 Å². The lowest BCUT2D eigenvalue weighted by Gasteiger charge is -1.88. The molecule has 0 rings (SSSR count). The normalized spacial score (nSPS) is 8.73. The van der Waals surface area contributed by atoms with Crippen molar-refractivity contribution in [1.82, 2.24) is 0 Å². The van der Waals surface area contributed by atoms with E-state index in [0.29, 0.717) is 6.42 Å². The maximum atomic E-state index is 10.7. The van der Waals surface area contributed by atoms with Crippen LogP contribution >= 0.6 is 23.2 Å². The molecule has 0 spiro atoms. The van der Waals surface area contributed by atoms with Crippen molar-refractivity contribution in [3.63, 3.8) is 0 Å². The average molecular weight is 203 g/mol. The van der Waals surface area contributed by atoms with Crippen molar-refractivity contribution >= 4 is 23.2 Å². The SMILES string of the molecule is CCCF.ClCCCCCCl. The third-order valence-electron chi connectivity index (χ3n) is 0.956. The second-order valence-corrected chi connectivity index (χ2v) is 2.88. The standard InChI is InChI=1S/C5H10Cl2.C3H7F/c6-4-2-1-3-5-7;1-2-3-4/h1-5H2;2-3H2,1H3. The molecule has 0 aliphatic heterocycles. The fraction of sp³-hybridized carbons (Fsp3) is 1.00. The van der Waals surface area contributed by atoms with E-state index in [1.54, 1.807) is 6.92 Å². The van der Waals surface area contributed by atoms with Crippen molar-refractivity contribution in [2.75, 3.05) is 18.4 Å². The largest absolute Gasteiger partial charge is 0.251 e. The van der Waals surface area contributed by atoms with Crippen LogP contribution in [0.2, 0.25) is 0 Å². The first-order valence-corrected chi connectivity index (χ1v) is 5.08. The van der Waals surface area contributed by atoms with Gasteiger partial charge in [-0.15, -0.1) is 23.2 Å². The third-order valence-corrected chi connectivity index (χ3v) is 1.49. The van der Waals surface area contributed by atoms with Gasteiger partial charge in [0.25, 0.3) is 0 Å². The first-order valence-electron chi connectivity index (χ1n) is 4.01. The molecule has 3 heteroatoms. The van der Waals surface area contributed by atoms with Crippen molar-refractivity contribution in [2.45, 2.75) is 32.6 Å². The molecule has 0 aromatic rings. The molecule has 0 nitrogen and oxygen atoms in total. The summed E-state index contributed by atoms with van der Waals surface area (Å²) in [5, 5.41) is 0. The molecule has 0 bridgehead atoms. The number of hydrogen-bond donors (Lipinski definition) is 0. The molecule has 0 atom stereocenters. The molecule has 0 unspecified atom stereocenters. The highest BCUT2D eigenvalue weighted by Gasteiger charge is 1.82. The Hall–Kier alpha value is 0.510. The minimum atomic E-state index is -0.181. The number of hydrogen-bond acceptors (Lipinski definition) is 0. The lowest BCUT2D eigenvalue weighted by Crippen LogP contribution is -1.77. The van der Waals surface area contributed by atoms with Crippen molar-refractivity contribution in [3.8, 4) is 0 Å². The van der Waals surface area contributed by atoms with Gasteiger partial charge in [-0.2, -0.15) is 0 Å². The van der Waals surface area contributed by atoms with Crippen LogP contribution in [0.15, 0.2) is 0 Å². The molecule has 70 valence electrons. The summed E-state index contributed by atoms with van der Waals surface area (Å²) in [7, 11) is 0. The Morgan fingerprint density at radius 3 is 1.55 bits per heavy atom. The van der Waals surface area contributed by atoms with Gasteiger partial charge in [0, 0.05) is 11.8 Å². The van der Waals surface area contributed by atoms with Crippen molar-refractivity contribution in [3.05, 3.63) is 0 Å². The number of alkyl halides is 3. The molecule has 0 heterocycles. The van der Waals surface area contributed by atoms with E-state index in [1.807, 2.05) is 0 Å². The molecular weight excluding hydrogens is 186 g/mol. The fourth-order valence-electron chi connectivity index (χ4n) is 0.366. The quantitative estimate of drug-likeness (QED) is 0.468. The van der Waals surface area contributed by atoms with Crippen LogP contribution in [0, 0.1) is 0 Å². The Labute approximate surface area is 79.1 Å². The van der Waals surface area contributed by atoms with E-state index in [4.69, 9.17) is 23.2 Å². The molecule has 0 aliphatic carbocycles. The minimum absolute atomic E-state index is 0.181. The first-order chi connectivity index (χ1) is 5.33. The molecule has 0 aliphatic rings. The van der Waals surface area contributed by atoms with E-state index < -0.39 is 0 Å². The van der Waals surface area contributed by atoms with Crippen LogP contribution < -0.4 is 0 Å². The zero-order valence-corrected chi connectivity index (χ0v) is 8.60. The molecular formula is C8H17Cl2F. The van der Waals surface area contributed by atoms with Crippen molar-refractivity contribution < 1.29 is 4.39 Å². The van der Waals surface area contributed by atoms with Gasteiger partial charge in [-0.3, -0.25) is 4.39 Å². The van der Waals surface area contributed by atoms with Crippen LogP contribution in [0.1, 0.15) is 32.6 Å². The van der Waals surface area contributed by atoms with Crippen LogP contribution in [0.3, 0.4) is 0 Å². The maximum absolute atomic E-state index is 10.7. The molecule has 0 N–H and O–H groups in total. The Morgan fingerprint density at radius 1 is 1.00 bits per heavy atom. The topological polar surface area (TPSA) is 0 Å². The smallest absolute Gasteiger partial charge is 0.0891 e. The van der Waals surface area contributed by atoms with Gasteiger partial charge in [0.1, 0.15) is 0 Å². The Morgan fingerprint density at radius 2 is 1.36 bits per heavy atom. The van der Waals surface area contributed by atoms with Gasteiger partial charge in [-0.25, -0.2) is 0 Å². The minimum Gasteiger partial charge on any atom is -0.251 e. The fourth-order valence-corrected chi connectivity index (χ4v) is 0.744. The second kappa shape index (κ2) is 16.9. The predicted molar refractivity (Wildman–Crippen MR) is 51.6 cm³/mol. The third kappa shape index (κ3) is 25.1. The number of halogens is 3. The van der Waals surface area contributed by atoms with Crippen LogP contribution in [-0.4, -0.2) is 18.4 Å². The molecule has 11 heavy (non-hydrogen) atoms. The Balaban J connectivity index is 0. The molecule has 0 fully saturated rings. The Kier molecular flexibility index (Phi) is 21.5. The number of unbranched alkanes of at least 4 members (excludes halogenated alkanes) is 2. The summed E-state index contributed by atoms with van der Waals surface area (Å²) < 4.78 is 10.7. The summed E-state index contributed by atoms with van der Waals surface area (Å²) in [5.74, 6) is 1.55. The second-order valence-electron chi connectivity index (χ2n) is 2.13. The van der Waals surface area contributed by atoms with Crippen LogP contribution in [0.4, 0.5) is 4.39 Å². The van der Waals surface area contributed by atoms with E-state index in [0.717, 1.165) is 24.6 Å². The highest BCUT2D eigenvalue weighted by molar-refractivity contribution is 6.18. The van der Waals surface area contributed by atoms with E-state index in [2.05, 4.69) is 0 Å². The Bertz CT molecular complexity index is 45.4. The van der Waals surface area contributed by atoms with E-state index in [9.17, 15) is 4.39 Å². The van der Waals surface area contributed by atoms with E-state index in [1.165, 1.54) is 6.42 Å². The van der Waals surface area contributed by atoms with Gasteiger partial charge in [-0.05, 0) is 19.3 Å². The van der Waals surface area contributed by atoms with Gasteiger partial charge in [-0.1, -0.05) is 13.3 Å². The van der Waals surface area contributed by atoms with Gasteiger partial charge in [0.05, 0.1) is 6.67 Å². The molecule has 0 aromatic heterocycles. The summed E-state index contributed by atoms with van der Waals surface area (Å²) in [6.07, 6.45) is 4.04. The zero-order chi connectivity index (χ0) is 8.95. The maximum Gasteiger partial charge on any atom is 0.0891 e. The summed E-state index contributed by atoms with van der Waals surface area (Å²) in [4.78, 5) is 0. The van der Waals surface area contributed by atoms with Crippen LogP contribution in [0.5, 0.6) is 0 Å². The lowest BCUT2D eigenvalue weighted by atomic mass is 10.3. The van der Waals surface area contributed by atoms with Gasteiger partial charge >= 0.3 is 0 Å². The summed E-state index contributed by atoms with van der Waals surface area (Å²) in [5.41, 5.74) is 0. The van der Waals surface area contributed by atoms with Crippen molar-refractivity contribution in [1.29, 1.82) is 0 Å². The number of rotatable bonds is 5. The molecule has 0 radical (unpaired) electrons. The van der Waals surface area contributed by atoms with E-state index >= 15 is 0 Å². The van der Waals surface area contributed by atoms with Gasteiger partial charge in [0.15, 0.2) is 0 Å². The molecule has 0 amide bonds. The molecule has 0 saturated heterocycles. The van der Waals surface area contributed by atoms with Gasteiger partial charge in [0.2, 0.25) is 0 Å². The highest BCUT2D eigenvalue weighted by atomic mass is 35.5. The molecule has 0 aromatic carbocycles. The highest BCUT2D eigenvalue weighted by Crippen LogP contribution is 1.97. The first kappa shape index (κ1) is 14.1. The van der Waals surface area contributed by atoms with Crippen LogP contribution in [-0.2, 0) is 0 Å². The molecule has 0 saturated carbocycles. The van der Waals surface area contributed by atoms with Gasteiger partial charge < -0.3 is 0 Å².